The molecule has 3 aromatic rings. The van der Waals surface area contributed by atoms with Crippen LogP contribution in [0.5, 0.6) is 5.75 Å². The van der Waals surface area contributed by atoms with E-state index < -0.39 is 0 Å². The van der Waals surface area contributed by atoms with E-state index in [0.29, 0.717) is 17.2 Å². The van der Waals surface area contributed by atoms with E-state index in [-0.39, 0.29) is 5.91 Å². The fourth-order valence-electron chi connectivity index (χ4n) is 2.30. The minimum atomic E-state index is -0.126. The molecule has 0 aliphatic rings. The summed E-state index contributed by atoms with van der Waals surface area (Å²) in [6.45, 7) is 2.55. The van der Waals surface area contributed by atoms with Crippen LogP contribution in [0.25, 0.3) is 10.4 Å². The van der Waals surface area contributed by atoms with Crippen molar-refractivity contribution in [3.63, 3.8) is 0 Å². The Hall–Kier alpha value is -2.79. The van der Waals surface area contributed by atoms with E-state index in [9.17, 15) is 4.79 Å². The Balaban J connectivity index is 1.71. The summed E-state index contributed by atoms with van der Waals surface area (Å²) in [4.78, 5) is 14.0. The van der Waals surface area contributed by atoms with Crippen molar-refractivity contribution in [3.05, 3.63) is 65.5 Å². The van der Waals surface area contributed by atoms with Crippen LogP contribution < -0.4 is 15.8 Å². The number of carbonyl (C=O) groups excluding carboxylic acids is 1. The maximum Gasteiger partial charge on any atom is 0.265 e. The summed E-state index contributed by atoms with van der Waals surface area (Å²) < 4.78 is 5.39. The van der Waals surface area contributed by atoms with Gasteiger partial charge in [0.2, 0.25) is 0 Å². The highest BCUT2D eigenvalue weighted by Gasteiger charge is 2.11. The van der Waals surface area contributed by atoms with Crippen LogP contribution in [0.15, 0.2) is 60.7 Å². The molecule has 0 aliphatic heterocycles. The van der Waals surface area contributed by atoms with E-state index in [1.54, 1.807) is 0 Å². The molecule has 0 spiro atoms. The quantitative estimate of drug-likeness (QED) is 0.666. The summed E-state index contributed by atoms with van der Waals surface area (Å²) in [5, 5.41) is 2.89. The number of thiophene rings is 1. The maximum atomic E-state index is 12.4. The molecule has 0 saturated carbocycles. The van der Waals surface area contributed by atoms with Crippen molar-refractivity contribution >= 4 is 28.6 Å². The predicted octanol–water partition coefficient (Wildman–Crippen LogP) is 4.65. The number of carbonyl (C=O) groups is 1. The number of amides is 1. The summed E-state index contributed by atoms with van der Waals surface area (Å²) in [5.41, 5.74) is 8.28. The monoisotopic (exact) mass is 338 g/mol. The first kappa shape index (κ1) is 16.1. The lowest BCUT2D eigenvalue weighted by Gasteiger charge is -2.06. The van der Waals surface area contributed by atoms with E-state index in [4.69, 9.17) is 10.5 Å². The average Bonchev–Trinajstić information content (AvgIpc) is 3.07. The molecule has 1 aromatic heterocycles. The zero-order valence-electron chi connectivity index (χ0n) is 13.3. The average molecular weight is 338 g/mol. The first-order chi connectivity index (χ1) is 11.7. The largest absolute Gasteiger partial charge is 0.494 e. The van der Waals surface area contributed by atoms with E-state index in [2.05, 4.69) is 5.32 Å². The number of nitrogens with two attached hydrogens (primary N) is 1. The van der Waals surface area contributed by atoms with Gasteiger partial charge in [0.25, 0.3) is 5.91 Å². The molecule has 1 heterocycles. The van der Waals surface area contributed by atoms with Gasteiger partial charge in [-0.2, -0.15) is 0 Å². The van der Waals surface area contributed by atoms with Gasteiger partial charge in [0.05, 0.1) is 11.5 Å². The van der Waals surface area contributed by atoms with E-state index in [0.717, 1.165) is 21.9 Å². The number of nitrogens with one attached hydrogen (secondary N) is 1. The van der Waals surface area contributed by atoms with Crippen molar-refractivity contribution < 1.29 is 9.53 Å². The Morgan fingerprint density at radius 3 is 2.62 bits per heavy atom. The van der Waals surface area contributed by atoms with Gasteiger partial charge < -0.3 is 15.8 Å². The van der Waals surface area contributed by atoms with Crippen molar-refractivity contribution in [2.24, 2.45) is 0 Å². The highest BCUT2D eigenvalue weighted by Crippen LogP contribution is 2.29. The number of hydrogen-bond donors (Lipinski definition) is 2. The van der Waals surface area contributed by atoms with Crippen LogP contribution >= 0.6 is 11.3 Å². The summed E-state index contributed by atoms with van der Waals surface area (Å²) in [7, 11) is 0. The predicted molar refractivity (Wildman–Crippen MR) is 99.7 cm³/mol. The van der Waals surface area contributed by atoms with E-state index in [1.807, 2.05) is 67.6 Å². The normalized spacial score (nSPS) is 10.4. The van der Waals surface area contributed by atoms with Gasteiger partial charge in [-0.25, -0.2) is 0 Å². The number of hydrogen-bond acceptors (Lipinski definition) is 4. The molecule has 0 radical (unpaired) electrons. The molecule has 3 N–H and O–H groups in total. The minimum absolute atomic E-state index is 0.126. The second-order valence-electron chi connectivity index (χ2n) is 5.20. The van der Waals surface area contributed by atoms with Crippen molar-refractivity contribution in [1.82, 2.24) is 0 Å². The van der Waals surface area contributed by atoms with Crippen LogP contribution in [-0.2, 0) is 0 Å². The Bertz CT molecular complexity index is 841. The lowest BCUT2D eigenvalue weighted by molar-refractivity contribution is 0.103. The molecular weight excluding hydrogens is 320 g/mol. The molecule has 122 valence electrons. The van der Waals surface area contributed by atoms with Crippen LogP contribution in [0.3, 0.4) is 0 Å². The number of rotatable bonds is 5. The molecule has 0 aliphatic carbocycles. The Labute approximate surface area is 144 Å². The number of ether oxygens (including phenoxy) is 1. The first-order valence-corrected chi connectivity index (χ1v) is 8.47. The molecule has 2 aromatic carbocycles. The minimum Gasteiger partial charge on any atom is -0.494 e. The zero-order valence-corrected chi connectivity index (χ0v) is 14.1. The molecule has 0 bridgehead atoms. The fourth-order valence-corrected chi connectivity index (χ4v) is 3.20. The lowest BCUT2D eigenvalue weighted by Crippen LogP contribution is -2.09. The SMILES string of the molecule is CCOc1ccc(NC(=O)c2ccc(-c3cccc(N)c3)s2)cc1. The molecule has 5 heteroatoms. The van der Waals surface area contributed by atoms with Crippen molar-refractivity contribution in [1.29, 1.82) is 0 Å². The van der Waals surface area contributed by atoms with Gasteiger partial charge in [0.15, 0.2) is 0 Å². The molecular formula is C19H18N2O2S. The van der Waals surface area contributed by atoms with Crippen LogP contribution in [0, 0.1) is 0 Å². The van der Waals surface area contributed by atoms with Crippen LogP contribution in [-0.4, -0.2) is 12.5 Å². The van der Waals surface area contributed by atoms with Crippen molar-refractivity contribution in [2.75, 3.05) is 17.7 Å². The number of benzene rings is 2. The number of anilines is 2. The van der Waals surface area contributed by atoms with Crippen molar-refractivity contribution in [2.45, 2.75) is 6.92 Å². The molecule has 0 unspecified atom stereocenters. The third-order valence-electron chi connectivity index (χ3n) is 3.42. The molecule has 1 amide bonds. The van der Waals surface area contributed by atoms with Gasteiger partial charge in [0, 0.05) is 16.3 Å². The Morgan fingerprint density at radius 1 is 1.12 bits per heavy atom. The molecule has 4 nitrogen and oxygen atoms in total. The third kappa shape index (κ3) is 3.75. The van der Waals surface area contributed by atoms with Gasteiger partial charge in [-0.3, -0.25) is 4.79 Å². The summed E-state index contributed by atoms with van der Waals surface area (Å²) in [5.74, 6) is 0.662. The Morgan fingerprint density at radius 2 is 1.92 bits per heavy atom. The standard InChI is InChI=1S/C19H18N2O2S/c1-2-23-16-8-6-15(7-9-16)21-19(22)18-11-10-17(24-18)13-4-3-5-14(20)12-13/h3-12H,2,20H2,1H3,(H,21,22). The summed E-state index contributed by atoms with van der Waals surface area (Å²) in [6, 6.07) is 18.7. The van der Waals surface area contributed by atoms with Gasteiger partial charge >= 0.3 is 0 Å². The van der Waals surface area contributed by atoms with Crippen LogP contribution in [0.4, 0.5) is 11.4 Å². The Kier molecular flexibility index (Phi) is 4.82. The van der Waals surface area contributed by atoms with Crippen LogP contribution in [0.1, 0.15) is 16.6 Å². The highest BCUT2D eigenvalue weighted by molar-refractivity contribution is 7.17. The summed E-state index contributed by atoms with van der Waals surface area (Å²) in [6.07, 6.45) is 0. The molecule has 0 atom stereocenters. The number of nitrogen functional groups attached to an aromatic ring is 1. The van der Waals surface area contributed by atoms with E-state index in [1.165, 1.54) is 11.3 Å². The van der Waals surface area contributed by atoms with Gasteiger partial charge in [-0.1, -0.05) is 12.1 Å². The molecule has 3 rings (SSSR count). The second-order valence-corrected chi connectivity index (χ2v) is 6.28. The zero-order chi connectivity index (χ0) is 16.9. The van der Waals surface area contributed by atoms with E-state index >= 15 is 0 Å². The third-order valence-corrected chi connectivity index (χ3v) is 4.56. The topological polar surface area (TPSA) is 64.3 Å². The molecule has 0 saturated heterocycles. The fraction of sp³-hybridized carbons (Fsp3) is 0.105. The second kappa shape index (κ2) is 7.19. The van der Waals surface area contributed by atoms with Gasteiger partial charge in [0.1, 0.15) is 5.75 Å². The summed E-state index contributed by atoms with van der Waals surface area (Å²) >= 11 is 1.44. The molecule has 24 heavy (non-hydrogen) atoms. The van der Waals surface area contributed by atoms with Gasteiger partial charge in [-0.05, 0) is 61.0 Å². The van der Waals surface area contributed by atoms with Gasteiger partial charge in [-0.15, -0.1) is 11.3 Å². The molecule has 0 fully saturated rings. The maximum absolute atomic E-state index is 12.4. The van der Waals surface area contributed by atoms with Crippen molar-refractivity contribution in [3.8, 4) is 16.2 Å². The van der Waals surface area contributed by atoms with Crippen LogP contribution in [0.2, 0.25) is 0 Å². The first-order valence-electron chi connectivity index (χ1n) is 7.65. The smallest absolute Gasteiger partial charge is 0.265 e. The lowest BCUT2D eigenvalue weighted by atomic mass is 10.2. The highest BCUT2D eigenvalue weighted by atomic mass is 32.1.